The molecule has 104 valence electrons. The highest BCUT2D eigenvalue weighted by Crippen LogP contribution is 2.33. The Morgan fingerprint density at radius 2 is 2.26 bits per heavy atom. The van der Waals surface area contributed by atoms with Crippen LogP contribution in [0.4, 0.5) is 11.4 Å². The zero-order chi connectivity index (χ0) is 13.8. The second kappa shape index (κ2) is 6.26. The van der Waals surface area contributed by atoms with Crippen LogP contribution in [-0.4, -0.2) is 18.6 Å². The molecule has 1 aromatic carbocycles. The number of benzene rings is 1. The van der Waals surface area contributed by atoms with Gasteiger partial charge in [0.1, 0.15) is 0 Å². The van der Waals surface area contributed by atoms with Gasteiger partial charge in [-0.3, -0.25) is 4.79 Å². The van der Waals surface area contributed by atoms with Gasteiger partial charge in [0.15, 0.2) is 0 Å². The van der Waals surface area contributed by atoms with Crippen molar-refractivity contribution in [1.29, 1.82) is 0 Å². The fourth-order valence-corrected chi connectivity index (χ4v) is 2.50. The van der Waals surface area contributed by atoms with Crippen molar-refractivity contribution < 1.29 is 9.53 Å². The molecule has 0 saturated heterocycles. The molecule has 0 heterocycles. The molecule has 0 unspecified atom stereocenters. The van der Waals surface area contributed by atoms with Crippen LogP contribution in [0.3, 0.4) is 0 Å². The van der Waals surface area contributed by atoms with Crippen LogP contribution in [0.2, 0.25) is 5.02 Å². The summed E-state index contributed by atoms with van der Waals surface area (Å²) in [5.74, 6) is 0.416. The lowest BCUT2D eigenvalue weighted by Crippen LogP contribution is -2.33. The first-order chi connectivity index (χ1) is 9.08. The molecule has 0 bridgehead atoms. The van der Waals surface area contributed by atoms with Crippen LogP contribution in [0, 0.1) is 5.92 Å². The number of rotatable bonds is 5. The zero-order valence-electron chi connectivity index (χ0n) is 11.0. The number of nitrogens with two attached hydrogens (primary N) is 1. The Bertz CT molecular complexity index is 459. The number of amides is 1. The minimum Gasteiger partial charge on any atom is -0.397 e. The first kappa shape index (κ1) is 14.2. The van der Waals surface area contributed by atoms with Crippen LogP contribution in [0.1, 0.15) is 26.2 Å². The van der Waals surface area contributed by atoms with Crippen LogP contribution in [0.15, 0.2) is 18.2 Å². The molecule has 0 spiro atoms. The number of hydrogen-bond acceptors (Lipinski definition) is 3. The molecule has 0 aliphatic heterocycles. The van der Waals surface area contributed by atoms with E-state index in [0.717, 1.165) is 19.4 Å². The SMILES string of the molecule is CCOC1CC(CC(=O)Nc2ccc(Cl)cc2N)C1. The number of hydrogen-bond donors (Lipinski definition) is 2. The van der Waals surface area contributed by atoms with E-state index >= 15 is 0 Å². The van der Waals surface area contributed by atoms with Gasteiger partial charge in [-0.1, -0.05) is 11.6 Å². The van der Waals surface area contributed by atoms with E-state index < -0.39 is 0 Å². The minimum absolute atomic E-state index is 0.00558. The second-order valence-corrected chi connectivity index (χ2v) is 5.34. The maximum absolute atomic E-state index is 11.9. The van der Waals surface area contributed by atoms with Crippen molar-refractivity contribution in [2.24, 2.45) is 5.92 Å². The van der Waals surface area contributed by atoms with Gasteiger partial charge < -0.3 is 15.8 Å². The molecule has 1 aliphatic carbocycles. The highest BCUT2D eigenvalue weighted by atomic mass is 35.5. The van der Waals surface area contributed by atoms with E-state index in [-0.39, 0.29) is 5.91 Å². The van der Waals surface area contributed by atoms with Gasteiger partial charge in [-0.2, -0.15) is 0 Å². The number of nitrogens with one attached hydrogen (secondary N) is 1. The fraction of sp³-hybridized carbons (Fsp3) is 0.500. The van der Waals surface area contributed by atoms with Gasteiger partial charge in [0.25, 0.3) is 0 Å². The van der Waals surface area contributed by atoms with Gasteiger partial charge in [-0.05, 0) is 43.9 Å². The molecule has 0 aromatic heterocycles. The summed E-state index contributed by atoms with van der Waals surface area (Å²) in [6.07, 6.45) is 2.80. The van der Waals surface area contributed by atoms with Crippen molar-refractivity contribution in [3.63, 3.8) is 0 Å². The molecule has 3 N–H and O–H groups in total. The maximum atomic E-state index is 11.9. The standard InChI is InChI=1S/C14H19ClN2O2/c1-2-19-11-5-9(6-11)7-14(18)17-13-4-3-10(15)8-12(13)16/h3-4,8-9,11H,2,5-7,16H2,1H3,(H,17,18). The summed E-state index contributed by atoms with van der Waals surface area (Å²) in [5, 5.41) is 3.38. The molecule has 19 heavy (non-hydrogen) atoms. The van der Waals surface area contributed by atoms with E-state index in [2.05, 4.69) is 5.32 Å². The molecule has 1 saturated carbocycles. The molecule has 1 fully saturated rings. The van der Waals surface area contributed by atoms with Gasteiger partial charge in [0.2, 0.25) is 5.91 Å². The van der Waals surface area contributed by atoms with Crippen LogP contribution < -0.4 is 11.1 Å². The van der Waals surface area contributed by atoms with Crippen molar-refractivity contribution in [3.05, 3.63) is 23.2 Å². The number of carbonyl (C=O) groups excluding carboxylic acids is 1. The number of ether oxygens (including phenoxy) is 1. The normalized spacial score (nSPS) is 21.8. The zero-order valence-corrected chi connectivity index (χ0v) is 11.7. The summed E-state index contributed by atoms with van der Waals surface area (Å²) in [5.41, 5.74) is 6.90. The topological polar surface area (TPSA) is 64.3 Å². The molecule has 0 radical (unpaired) electrons. The number of anilines is 2. The minimum atomic E-state index is -0.00558. The van der Waals surface area contributed by atoms with Crippen molar-refractivity contribution in [1.82, 2.24) is 0 Å². The number of halogens is 1. The van der Waals surface area contributed by atoms with E-state index in [1.807, 2.05) is 6.92 Å². The molecular weight excluding hydrogens is 264 g/mol. The Morgan fingerprint density at radius 3 is 2.89 bits per heavy atom. The summed E-state index contributed by atoms with van der Waals surface area (Å²) >= 11 is 5.81. The lowest BCUT2D eigenvalue weighted by molar-refractivity contribution is -0.119. The molecular formula is C14H19ClN2O2. The highest BCUT2D eigenvalue weighted by molar-refractivity contribution is 6.31. The van der Waals surface area contributed by atoms with Gasteiger partial charge in [0.05, 0.1) is 17.5 Å². The van der Waals surface area contributed by atoms with Crippen LogP contribution in [0.25, 0.3) is 0 Å². The molecule has 1 aliphatic rings. The van der Waals surface area contributed by atoms with Crippen LogP contribution in [-0.2, 0) is 9.53 Å². The third kappa shape index (κ3) is 3.85. The van der Waals surface area contributed by atoms with E-state index in [4.69, 9.17) is 22.1 Å². The van der Waals surface area contributed by atoms with E-state index in [0.29, 0.717) is 34.8 Å². The summed E-state index contributed by atoms with van der Waals surface area (Å²) in [4.78, 5) is 11.9. The van der Waals surface area contributed by atoms with Crippen LogP contribution >= 0.6 is 11.6 Å². The first-order valence-corrected chi connectivity index (χ1v) is 6.92. The molecule has 2 rings (SSSR count). The summed E-state index contributed by atoms with van der Waals surface area (Å²) in [6.45, 7) is 2.73. The van der Waals surface area contributed by atoms with Gasteiger partial charge in [0, 0.05) is 18.1 Å². The van der Waals surface area contributed by atoms with E-state index in [1.165, 1.54) is 0 Å². The largest absolute Gasteiger partial charge is 0.397 e. The maximum Gasteiger partial charge on any atom is 0.224 e. The molecule has 5 heteroatoms. The smallest absolute Gasteiger partial charge is 0.224 e. The Morgan fingerprint density at radius 1 is 1.53 bits per heavy atom. The number of carbonyl (C=O) groups is 1. The quantitative estimate of drug-likeness (QED) is 0.816. The predicted molar refractivity (Wildman–Crippen MR) is 77.2 cm³/mol. The summed E-state index contributed by atoms with van der Waals surface area (Å²) < 4.78 is 5.47. The third-order valence-corrected chi connectivity index (χ3v) is 3.59. The highest BCUT2D eigenvalue weighted by Gasteiger charge is 2.31. The summed E-state index contributed by atoms with van der Waals surface area (Å²) in [7, 11) is 0. The lowest BCUT2D eigenvalue weighted by atomic mass is 9.80. The van der Waals surface area contributed by atoms with Crippen molar-refractivity contribution in [2.45, 2.75) is 32.3 Å². The Hall–Kier alpha value is -1.26. The van der Waals surface area contributed by atoms with Crippen molar-refractivity contribution in [3.8, 4) is 0 Å². The van der Waals surface area contributed by atoms with E-state index in [9.17, 15) is 4.79 Å². The van der Waals surface area contributed by atoms with Crippen molar-refractivity contribution >= 4 is 28.9 Å². The fourth-order valence-electron chi connectivity index (χ4n) is 2.32. The van der Waals surface area contributed by atoms with Gasteiger partial charge in [-0.25, -0.2) is 0 Å². The Balaban J connectivity index is 1.79. The van der Waals surface area contributed by atoms with E-state index in [1.54, 1.807) is 18.2 Å². The average Bonchev–Trinajstić information content (AvgIpc) is 2.30. The Kier molecular flexibility index (Phi) is 4.66. The summed E-state index contributed by atoms with van der Waals surface area (Å²) in [6, 6.07) is 5.06. The monoisotopic (exact) mass is 282 g/mol. The Labute approximate surface area is 118 Å². The lowest BCUT2D eigenvalue weighted by Gasteiger charge is -2.34. The molecule has 1 aromatic rings. The average molecular weight is 283 g/mol. The van der Waals surface area contributed by atoms with Gasteiger partial charge in [-0.15, -0.1) is 0 Å². The molecule has 4 nitrogen and oxygen atoms in total. The molecule has 0 atom stereocenters. The first-order valence-electron chi connectivity index (χ1n) is 6.55. The second-order valence-electron chi connectivity index (χ2n) is 4.90. The van der Waals surface area contributed by atoms with Gasteiger partial charge >= 0.3 is 0 Å². The van der Waals surface area contributed by atoms with Crippen LogP contribution in [0.5, 0.6) is 0 Å². The van der Waals surface area contributed by atoms with Crippen molar-refractivity contribution in [2.75, 3.05) is 17.7 Å². The molecule has 1 amide bonds. The number of nitrogen functional groups attached to an aromatic ring is 1. The third-order valence-electron chi connectivity index (χ3n) is 3.36. The predicted octanol–water partition coefficient (Wildman–Crippen LogP) is 3.07.